The van der Waals surface area contributed by atoms with Crippen LogP contribution >= 0.6 is 0 Å². The molecule has 2 rings (SSSR count). The minimum atomic E-state index is -1.06. The lowest BCUT2D eigenvalue weighted by atomic mass is 10.1. The number of carboxylic acids is 1. The molecule has 8 nitrogen and oxygen atoms in total. The molecule has 0 saturated carbocycles. The maximum atomic E-state index is 12.1. The number of carbonyl (C=O) groups is 2. The van der Waals surface area contributed by atoms with Gasteiger partial charge in [-0.25, -0.2) is 14.3 Å². The molecule has 2 aromatic rings. The number of hydrogen-bond donors (Lipinski definition) is 2. The van der Waals surface area contributed by atoms with Crippen molar-refractivity contribution in [2.45, 2.75) is 39.2 Å². The average Bonchev–Trinajstić information content (AvgIpc) is 2.88. The number of nitrogens with one attached hydrogen (secondary N) is 1. The van der Waals surface area contributed by atoms with Crippen LogP contribution in [0, 0.1) is 6.92 Å². The highest BCUT2D eigenvalue weighted by molar-refractivity contribution is 5.93. The largest absolute Gasteiger partial charge is 0.480 e. The maximum absolute atomic E-state index is 12.1. The van der Waals surface area contributed by atoms with Crippen molar-refractivity contribution in [3.8, 4) is 0 Å². The Bertz CT molecular complexity index is 667. The van der Waals surface area contributed by atoms with Crippen LogP contribution in [0.2, 0.25) is 0 Å². The van der Waals surface area contributed by atoms with Gasteiger partial charge in [-0.05, 0) is 19.4 Å². The summed E-state index contributed by atoms with van der Waals surface area (Å²) in [7, 11) is 0. The second kappa shape index (κ2) is 6.29. The highest BCUT2D eigenvalue weighted by Gasteiger charge is 2.22. The number of unbranched alkanes of at least 4 members (excludes halogenated alkanes) is 1. The Balaban J connectivity index is 2.17. The van der Waals surface area contributed by atoms with E-state index in [1.54, 1.807) is 12.3 Å². The van der Waals surface area contributed by atoms with Gasteiger partial charge in [0.05, 0.1) is 0 Å². The van der Waals surface area contributed by atoms with Crippen LogP contribution in [0.3, 0.4) is 0 Å². The van der Waals surface area contributed by atoms with Gasteiger partial charge in [0.15, 0.2) is 0 Å². The van der Waals surface area contributed by atoms with Crippen LogP contribution in [0.25, 0.3) is 5.78 Å². The molecule has 0 saturated heterocycles. The first-order valence-electron chi connectivity index (χ1n) is 6.75. The van der Waals surface area contributed by atoms with E-state index in [4.69, 9.17) is 5.11 Å². The van der Waals surface area contributed by atoms with Gasteiger partial charge in [0.1, 0.15) is 6.04 Å². The molecule has 0 unspecified atom stereocenters. The van der Waals surface area contributed by atoms with Gasteiger partial charge < -0.3 is 10.4 Å². The molecule has 2 aromatic heterocycles. The van der Waals surface area contributed by atoms with Gasteiger partial charge in [0.25, 0.3) is 11.7 Å². The monoisotopic (exact) mass is 291 g/mol. The third-order valence-corrected chi connectivity index (χ3v) is 3.08. The summed E-state index contributed by atoms with van der Waals surface area (Å²) in [6.07, 6.45) is 3.52. The van der Waals surface area contributed by atoms with Crippen LogP contribution in [0.1, 0.15) is 42.5 Å². The summed E-state index contributed by atoms with van der Waals surface area (Å²) >= 11 is 0. The Morgan fingerprint density at radius 1 is 1.48 bits per heavy atom. The average molecular weight is 291 g/mol. The van der Waals surface area contributed by atoms with Gasteiger partial charge in [-0.2, -0.15) is 4.98 Å². The van der Waals surface area contributed by atoms with E-state index in [9.17, 15) is 9.59 Å². The Morgan fingerprint density at radius 3 is 2.86 bits per heavy atom. The predicted octanol–water partition coefficient (Wildman–Crippen LogP) is 0.806. The van der Waals surface area contributed by atoms with Crippen LogP contribution in [-0.4, -0.2) is 42.6 Å². The van der Waals surface area contributed by atoms with E-state index in [2.05, 4.69) is 20.4 Å². The third-order valence-electron chi connectivity index (χ3n) is 3.08. The topological polar surface area (TPSA) is 109 Å². The molecule has 0 aliphatic carbocycles. The van der Waals surface area contributed by atoms with Crippen molar-refractivity contribution in [3.05, 3.63) is 23.8 Å². The Morgan fingerprint density at radius 2 is 2.24 bits per heavy atom. The summed E-state index contributed by atoms with van der Waals surface area (Å²) in [4.78, 5) is 31.2. The Hall–Kier alpha value is -2.51. The minimum Gasteiger partial charge on any atom is -0.480 e. The molecule has 0 bridgehead atoms. The smallest absolute Gasteiger partial charge is 0.326 e. The lowest BCUT2D eigenvalue weighted by Gasteiger charge is -2.12. The lowest BCUT2D eigenvalue weighted by Crippen LogP contribution is -2.41. The Labute approximate surface area is 121 Å². The molecule has 0 fully saturated rings. The van der Waals surface area contributed by atoms with E-state index < -0.39 is 17.9 Å². The predicted molar refractivity (Wildman–Crippen MR) is 73.9 cm³/mol. The Kier molecular flexibility index (Phi) is 4.46. The molecule has 0 aromatic carbocycles. The molecule has 21 heavy (non-hydrogen) atoms. The number of hydrogen-bond acceptors (Lipinski definition) is 5. The number of fused-ring (bicyclic) bond motifs is 1. The summed E-state index contributed by atoms with van der Waals surface area (Å²) in [5, 5.41) is 15.6. The van der Waals surface area contributed by atoms with E-state index >= 15 is 0 Å². The molecule has 2 N–H and O–H groups in total. The fourth-order valence-electron chi connectivity index (χ4n) is 1.89. The first kappa shape index (κ1) is 14.9. The zero-order chi connectivity index (χ0) is 15.4. The molecule has 112 valence electrons. The molecule has 1 atom stereocenters. The molecule has 0 spiro atoms. The number of aliphatic carboxylic acids is 1. The molecule has 8 heteroatoms. The van der Waals surface area contributed by atoms with Crippen molar-refractivity contribution < 1.29 is 14.7 Å². The van der Waals surface area contributed by atoms with Gasteiger partial charge in [-0.3, -0.25) is 4.79 Å². The zero-order valence-electron chi connectivity index (χ0n) is 11.9. The number of aryl methyl sites for hydroxylation is 1. The molecule has 2 heterocycles. The molecule has 1 amide bonds. The molecule has 0 aliphatic rings. The minimum absolute atomic E-state index is 0.0838. The van der Waals surface area contributed by atoms with Crippen molar-refractivity contribution in [2.24, 2.45) is 0 Å². The summed E-state index contributed by atoms with van der Waals surface area (Å²) in [6.45, 7) is 3.77. The van der Waals surface area contributed by atoms with Crippen LogP contribution in [0.4, 0.5) is 0 Å². The van der Waals surface area contributed by atoms with Gasteiger partial charge in [-0.15, -0.1) is 5.10 Å². The van der Waals surface area contributed by atoms with Crippen LogP contribution in [-0.2, 0) is 4.79 Å². The van der Waals surface area contributed by atoms with E-state index in [-0.39, 0.29) is 5.82 Å². The second-order valence-corrected chi connectivity index (χ2v) is 4.74. The summed E-state index contributed by atoms with van der Waals surface area (Å²) in [5.41, 5.74) is 0.785. The summed E-state index contributed by atoms with van der Waals surface area (Å²) in [6, 6.07) is 0.808. The van der Waals surface area contributed by atoms with Crippen LogP contribution in [0.15, 0.2) is 12.3 Å². The van der Waals surface area contributed by atoms with Gasteiger partial charge in [-0.1, -0.05) is 19.8 Å². The highest BCUT2D eigenvalue weighted by atomic mass is 16.4. The van der Waals surface area contributed by atoms with E-state index in [1.807, 2.05) is 13.8 Å². The standard InChI is InChI=1S/C13H17N5O3/c1-3-4-5-9(12(20)21)15-11(19)10-16-13-14-7-6-8(2)18(13)17-10/h6-7,9H,3-5H2,1-2H3,(H,15,19)(H,20,21)/t9-/m1/s1. The summed E-state index contributed by atoms with van der Waals surface area (Å²) < 4.78 is 1.44. The van der Waals surface area contributed by atoms with Gasteiger partial charge >= 0.3 is 5.97 Å². The molecular weight excluding hydrogens is 274 g/mol. The summed E-state index contributed by atoms with van der Waals surface area (Å²) in [5.74, 6) is -1.45. The first-order valence-corrected chi connectivity index (χ1v) is 6.75. The van der Waals surface area contributed by atoms with Crippen LogP contribution in [0.5, 0.6) is 0 Å². The highest BCUT2D eigenvalue weighted by Crippen LogP contribution is 2.04. The quantitative estimate of drug-likeness (QED) is 0.815. The van der Waals surface area contributed by atoms with Crippen molar-refractivity contribution >= 4 is 17.7 Å². The number of rotatable bonds is 6. The number of nitrogens with zero attached hydrogens (tertiary/aromatic N) is 4. The van der Waals surface area contributed by atoms with Crippen molar-refractivity contribution in [2.75, 3.05) is 0 Å². The van der Waals surface area contributed by atoms with E-state index in [0.29, 0.717) is 12.2 Å². The van der Waals surface area contributed by atoms with Crippen molar-refractivity contribution in [1.82, 2.24) is 24.9 Å². The van der Waals surface area contributed by atoms with Crippen molar-refractivity contribution in [3.63, 3.8) is 0 Å². The molecular formula is C13H17N5O3. The van der Waals surface area contributed by atoms with Gasteiger partial charge in [0, 0.05) is 11.9 Å². The maximum Gasteiger partial charge on any atom is 0.326 e. The zero-order valence-corrected chi connectivity index (χ0v) is 11.9. The SMILES string of the molecule is CCCC[C@@H](NC(=O)c1nc2nccc(C)n2n1)C(=O)O. The van der Waals surface area contributed by atoms with E-state index in [0.717, 1.165) is 18.5 Å². The third kappa shape index (κ3) is 3.33. The second-order valence-electron chi connectivity index (χ2n) is 4.74. The normalized spacial score (nSPS) is 12.3. The molecule has 0 aliphatic heterocycles. The fraction of sp³-hybridized carbons (Fsp3) is 0.462. The van der Waals surface area contributed by atoms with Crippen LogP contribution < -0.4 is 5.32 Å². The lowest BCUT2D eigenvalue weighted by molar-refractivity contribution is -0.139. The number of aromatic nitrogens is 4. The number of amides is 1. The number of carbonyl (C=O) groups excluding carboxylic acids is 1. The number of carboxylic acid groups (broad SMARTS) is 1. The molecule has 0 radical (unpaired) electrons. The van der Waals surface area contributed by atoms with E-state index in [1.165, 1.54) is 4.52 Å². The van der Waals surface area contributed by atoms with Gasteiger partial charge in [0.2, 0.25) is 5.82 Å². The van der Waals surface area contributed by atoms with Crippen molar-refractivity contribution in [1.29, 1.82) is 0 Å². The fourth-order valence-corrected chi connectivity index (χ4v) is 1.89. The first-order chi connectivity index (χ1) is 10.0.